The molecule has 0 aliphatic carbocycles. The second-order valence-corrected chi connectivity index (χ2v) is 5.06. The van der Waals surface area contributed by atoms with Crippen molar-refractivity contribution in [3.8, 4) is 5.75 Å². The first-order valence-corrected chi connectivity index (χ1v) is 7.42. The summed E-state index contributed by atoms with van der Waals surface area (Å²) in [5.41, 5.74) is 2.17. The van der Waals surface area contributed by atoms with E-state index in [-0.39, 0.29) is 0 Å². The number of imidazole rings is 1. The number of unbranched alkanes of at least 4 members (excludes halogenated alkanes) is 2. The second-order valence-electron chi connectivity index (χ2n) is 4.68. The van der Waals surface area contributed by atoms with Crippen molar-refractivity contribution >= 4 is 22.6 Å². The van der Waals surface area contributed by atoms with E-state index in [0.717, 1.165) is 35.6 Å². The van der Waals surface area contributed by atoms with Gasteiger partial charge in [0, 0.05) is 24.9 Å². The summed E-state index contributed by atoms with van der Waals surface area (Å²) in [5, 5.41) is 0. The highest BCUT2D eigenvalue weighted by molar-refractivity contribution is 6.17. The van der Waals surface area contributed by atoms with Gasteiger partial charge in [-0.05, 0) is 18.6 Å². The summed E-state index contributed by atoms with van der Waals surface area (Å²) in [4.78, 5) is 4.68. The Morgan fingerprint density at radius 2 is 2.16 bits per heavy atom. The fraction of sp³-hybridized carbons (Fsp3) is 0.533. The van der Waals surface area contributed by atoms with Gasteiger partial charge in [-0.2, -0.15) is 0 Å². The Kier molecular flexibility index (Phi) is 5.08. The standard InChI is InChI=1S/C15H21ClN2O/c1-3-4-5-10-18-14-11-12(19-2)6-7-13(14)17-15(18)8-9-16/h6-7,11H,3-5,8-10H2,1-2H3. The fourth-order valence-corrected chi connectivity index (χ4v) is 2.49. The van der Waals surface area contributed by atoms with Gasteiger partial charge in [-0.1, -0.05) is 19.8 Å². The molecule has 3 nitrogen and oxygen atoms in total. The second kappa shape index (κ2) is 6.80. The number of alkyl halides is 1. The van der Waals surface area contributed by atoms with Crippen molar-refractivity contribution in [1.29, 1.82) is 0 Å². The Labute approximate surface area is 119 Å². The van der Waals surface area contributed by atoms with Crippen LogP contribution in [0.3, 0.4) is 0 Å². The first-order chi connectivity index (χ1) is 9.30. The maximum absolute atomic E-state index is 5.88. The predicted molar refractivity (Wildman–Crippen MR) is 80.2 cm³/mol. The van der Waals surface area contributed by atoms with E-state index in [1.165, 1.54) is 19.3 Å². The summed E-state index contributed by atoms with van der Waals surface area (Å²) in [5.74, 6) is 2.56. The van der Waals surface area contributed by atoms with E-state index >= 15 is 0 Å². The number of halogens is 1. The molecular formula is C15H21ClN2O. The average molecular weight is 281 g/mol. The van der Waals surface area contributed by atoms with Crippen LogP contribution in [0.15, 0.2) is 18.2 Å². The molecule has 0 amide bonds. The highest BCUT2D eigenvalue weighted by Gasteiger charge is 2.10. The van der Waals surface area contributed by atoms with Crippen molar-refractivity contribution < 1.29 is 4.74 Å². The Balaban J connectivity index is 2.38. The van der Waals surface area contributed by atoms with Gasteiger partial charge in [-0.3, -0.25) is 0 Å². The number of fused-ring (bicyclic) bond motifs is 1. The SMILES string of the molecule is CCCCCn1c(CCCl)nc2ccc(OC)cc21. The van der Waals surface area contributed by atoms with Crippen LogP contribution in [0, 0.1) is 0 Å². The maximum Gasteiger partial charge on any atom is 0.121 e. The summed E-state index contributed by atoms with van der Waals surface area (Å²) < 4.78 is 7.59. The monoisotopic (exact) mass is 280 g/mol. The van der Waals surface area contributed by atoms with Gasteiger partial charge < -0.3 is 9.30 Å². The molecule has 4 heteroatoms. The first kappa shape index (κ1) is 14.2. The van der Waals surface area contributed by atoms with Gasteiger partial charge in [0.25, 0.3) is 0 Å². The summed E-state index contributed by atoms with van der Waals surface area (Å²) in [6.45, 7) is 3.22. The Bertz CT molecular complexity index is 536. The van der Waals surface area contributed by atoms with Crippen molar-refractivity contribution in [1.82, 2.24) is 9.55 Å². The zero-order chi connectivity index (χ0) is 13.7. The van der Waals surface area contributed by atoms with Crippen LogP contribution in [0.4, 0.5) is 0 Å². The topological polar surface area (TPSA) is 27.1 Å². The summed E-state index contributed by atoms with van der Waals surface area (Å²) in [6, 6.07) is 6.03. The Morgan fingerprint density at radius 1 is 1.32 bits per heavy atom. The highest BCUT2D eigenvalue weighted by atomic mass is 35.5. The maximum atomic E-state index is 5.88. The lowest BCUT2D eigenvalue weighted by atomic mass is 10.2. The number of ether oxygens (including phenoxy) is 1. The molecule has 1 heterocycles. The minimum Gasteiger partial charge on any atom is -0.497 e. The molecule has 104 valence electrons. The van der Waals surface area contributed by atoms with E-state index < -0.39 is 0 Å². The van der Waals surface area contributed by atoms with E-state index in [1.54, 1.807) is 7.11 Å². The Morgan fingerprint density at radius 3 is 2.84 bits per heavy atom. The van der Waals surface area contributed by atoms with E-state index in [4.69, 9.17) is 16.3 Å². The molecule has 0 saturated heterocycles. The van der Waals surface area contributed by atoms with Gasteiger partial charge >= 0.3 is 0 Å². The van der Waals surface area contributed by atoms with Gasteiger partial charge in [0.15, 0.2) is 0 Å². The molecule has 0 saturated carbocycles. The molecule has 0 N–H and O–H groups in total. The van der Waals surface area contributed by atoms with Crippen LogP contribution in [0.1, 0.15) is 32.0 Å². The van der Waals surface area contributed by atoms with Crippen molar-refractivity contribution in [3.05, 3.63) is 24.0 Å². The summed E-state index contributed by atoms with van der Waals surface area (Å²) in [7, 11) is 1.69. The van der Waals surface area contributed by atoms with Crippen LogP contribution in [0.25, 0.3) is 11.0 Å². The number of aryl methyl sites for hydroxylation is 2. The molecule has 2 rings (SSSR count). The normalized spacial score (nSPS) is 11.1. The van der Waals surface area contributed by atoms with Gasteiger partial charge in [0.1, 0.15) is 11.6 Å². The van der Waals surface area contributed by atoms with Crippen LogP contribution in [-0.2, 0) is 13.0 Å². The van der Waals surface area contributed by atoms with Gasteiger partial charge in [-0.15, -0.1) is 11.6 Å². The number of benzene rings is 1. The van der Waals surface area contributed by atoms with Gasteiger partial charge in [0.2, 0.25) is 0 Å². The number of rotatable bonds is 7. The highest BCUT2D eigenvalue weighted by Crippen LogP contribution is 2.23. The van der Waals surface area contributed by atoms with Crippen LogP contribution in [0.5, 0.6) is 5.75 Å². The number of hydrogen-bond donors (Lipinski definition) is 0. The molecule has 0 fully saturated rings. The van der Waals surface area contributed by atoms with Crippen LogP contribution < -0.4 is 4.74 Å². The minimum atomic E-state index is 0.605. The smallest absolute Gasteiger partial charge is 0.121 e. The zero-order valence-electron chi connectivity index (χ0n) is 11.7. The summed E-state index contributed by atoms with van der Waals surface area (Å²) >= 11 is 5.88. The lowest BCUT2D eigenvalue weighted by Crippen LogP contribution is -2.05. The number of nitrogens with zero attached hydrogens (tertiary/aromatic N) is 2. The largest absolute Gasteiger partial charge is 0.497 e. The number of aromatic nitrogens is 2. The molecule has 1 aromatic carbocycles. The average Bonchev–Trinajstić information content (AvgIpc) is 2.77. The lowest BCUT2D eigenvalue weighted by Gasteiger charge is -2.08. The summed E-state index contributed by atoms with van der Waals surface area (Å²) in [6.07, 6.45) is 4.45. The zero-order valence-corrected chi connectivity index (χ0v) is 12.4. The molecule has 2 aromatic rings. The van der Waals surface area contributed by atoms with E-state index in [9.17, 15) is 0 Å². The Hall–Kier alpha value is -1.22. The van der Waals surface area contributed by atoms with Crippen molar-refractivity contribution in [3.63, 3.8) is 0 Å². The predicted octanol–water partition coefficient (Wildman–Crippen LogP) is 4.02. The van der Waals surface area contributed by atoms with Crippen LogP contribution in [-0.4, -0.2) is 22.5 Å². The molecule has 0 radical (unpaired) electrons. The molecule has 0 aliphatic rings. The minimum absolute atomic E-state index is 0.605. The van der Waals surface area contributed by atoms with Crippen molar-refractivity contribution in [2.24, 2.45) is 0 Å². The van der Waals surface area contributed by atoms with Crippen molar-refractivity contribution in [2.45, 2.75) is 39.2 Å². The molecule has 19 heavy (non-hydrogen) atoms. The van der Waals surface area contributed by atoms with Gasteiger partial charge in [0.05, 0.1) is 18.1 Å². The number of hydrogen-bond acceptors (Lipinski definition) is 2. The fourth-order valence-electron chi connectivity index (χ4n) is 2.32. The molecule has 1 aromatic heterocycles. The molecule has 0 spiro atoms. The van der Waals surface area contributed by atoms with Gasteiger partial charge in [-0.25, -0.2) is 4.98 Å². The molecule has 0 atom stereocenters. The van der Waals surface area contributed by atoms with E-state index in [1.807, 2.05) is 12.1 Å². The molecule has 0 aliphatic heterocycles. The molecular weight excluding hydrogens is 260 g/mol. The lowest BCUT2D eigenvalue weighted by molar-refractivity contribution is 0.415. The van der Waals surface area contributed by atoms with Crippen molar-refractivity contribution in [2.75, 3.05) is 13.0 Å². The third-order valence-corrected chi connectivity index (χ3v) is 3.53. The van der Waals surface area contributed by atoms with E-state index in [0.29, 0.717) is 5.88 Å². The number of methoxy groups -OCH3 is 1. The van der Waals surface area contributed by atoms with E-state index in [2.05, 4.69) is 22.5 Å². The molecule has 0 bridgehead atoms. The third kappa shape index (κ3) is 3.21. The molecule has 0 unspecified atom stereocenters. The quantitative estimate of drug-likeness (QED) is 0.566. The van der Waals surface area contributed by atoms with Crippen LogP contribution in [0.2, 0.25) is 0 Å². The first-order valence-electron chi connectivity index (χ1n) is 6.89. The third-order valence-electron chi connectivity index (χ3n) is 3.34. The van der Waals surface area contributed by atoms with Crippen LogP contribution >= 0.6 is 11.6 Å².